The Labute approximate surface area is 75.4 Å². The lowest BCUT2D eigenvalue weighted by molar-refractivity contribution is -0.113. The second-order valence-electron chi connectivity index (χ2n) is 1.94. The first-order valence-corrected chi connectivity index (χ1v) is 3.66. The van der Waals surface area contributed by atoms with Gasteiger partial charge in [0.05, 0.1) is 16.1 Å². The van der Waals surface area contributed by atoms with Crippen molar-refractivity contribution in [2.24, 2.45) is 0 Å². The molecule has 0 spiro atoms. The van der Waals surface area contributed by atoms with Crippen molar-refractivity contribution in [3.63, 3.8) is 0 Å². The zero-order chi connectivity index (χ0) is 9.19. The molecule has 0 N–H and O–H groups in total. The summed E-state index contributed by atoms with van der Waals surface area (Å²) in [6.45, 7) is 0. The van der Waals surface area contributed by atoms with Crippen molar-refractivity contribution in [2.75, 3.05) is 3.93 Å². The summed E-state index contributed by atoms with van der Waals surface area (Å²) in [7, 11) is 0. The summed E-state index contributed by atoms with van der Waals surface area (Å²) >= 11 is 2.35. The Morgan fingerprint density at radius 1 is 1.33 bits per heavy atom. The Bertz CT molecular complexity index is 249. The van der Waals surface area contributed by atoms with E-state index in [1.165, 1.54) is 18.3 Å². The van der Waals surface area contributed by atoms with Gasteiger partial charge in [0.1, 0.15) is 5.82 Å². The van der Waals surface area contributed by atoms with Crippen LogP contribution in [0, 0.1) is 0 Å². The molecule has 0 aliphatic carbocycles. The molecule has 1 heterocycles. The largest absolute Gasteiger partial charge is 0.496 e. The van der Waals surface area contributed by atoms with Gasteiger partial charge in [0.2, 0.25) is 0 Å². The van der Waals surface area contributed by atoms with Gasteiger partial charge in [0.15, 0.2) is 0 Å². The molecule has 0 saturated heterocycles. The molecule has 0 unspecified atom stereocenters. The molecule has 1 rings (SSSR count). The molecule has 12 heavy (non-hydrogen) atoms. The molecule has 0 aliphatic heterocycles. The highest BCUT2D eigenvalue weighted by atomic mass is 79.9. The standard InChI is InChI=1S/C6H4BrF3N2/c7-12(6(8,9)10)5-3-1-2-4-11-5/h1-4H. The number of hydrogen-bond donors (Lipinski definition) is 0. The van der Waals surface area contributed by atoms with E-state index in [1.54, 1.807) is 6.07 Å². The van der Waals surface area contributed by atoms with Crippen LogP contribution in [0.5, 0.6) is 0 Å². The van der Waals surface area contributed by atoms with E-state index in [0.717, 1.165) is 0 Å². The highest BCUT2D eigenvalue weighted by Crippen LogP contribution is 2.29. The first-order chi connectivity index (χ1) is 5.52. The summed E-state index contributed by atoms with van der Waals surface area (Å²) in [5.41, 5.74) is 0. The van der Waals surface area contributed by atoms with Crippen LogP contribution in [0.2, 0.25) is 0 Å². The third kappa shape index (κ3) is 2.10. The van der Waals surface area contributed by atoms with Crippen molar-refractivity contribution in [2.45, 2.75) is 6.30 Å². The van der Waals surface area contributed by atoms with Crippen LogP contribution in [0.25, 0.3) is 0 Å². The average molecular weight is 241 g/mol. The molecular weight excluding hydrogens is 237 g/mol. The van der Waals surface area contributed by atoms with Gasteiger partial charge >= 0.3 is 6.30 Å². The predicted octanol–water partition coefficient (Wildman–Crippen LogP) is 2.72. The fourth-order valence-electron chi connectivity index (χ4n) is 0.600. The van der Waals surface area contributed by atoms with Crippen LogP contribution in [-0.4, -0.2) is 11.3 Å². The molecule has 1 aromatic rings. The highest BCUT2D eigenvalue weighted by molar-refractivity contribution is 9.10. The number of alkyl halides is 3. The molecule has 0 aromatic carbocycles. The molecule has 0 radical (unpaired) electrons. The Morgan fingerprint density at radius 3 is 2.42 bits per heavy atom. The zero-order valence-corrected chi connectivity index (χ0v) is 7.30. The van der Waals surface area contributed by atoms with Crippen molar-refractivity contribution >= 4 is 22.0 Å². The minimum absolute atomic E-state index is 0.0278. The maximum absolute atomic E-state index is 12.0. The summed E-state index contributed by atoms with van der Waals surface area (Å²) in [6.07, 6.45) is -3.16. The molecule has 0 atom stereocenters. The van der Waals surface area contributed by atoms with E-state index in [9.17, 15) is 13.2 Å². The van der Waals surface area contributed by atoms with Crippen molar-refractivity contribution < 1.29 is 13.2 Å². The second kappa shape index (κ2) is 3.30. The number of pyridine rings is 1. The lowest BCUT2D eigenvalue weighted by Crippen LogP contribution is -2.29. The first kappa shape index (κ1) is 9.31. The molecular formula is C6H4BrF3N2. The third-order valence-electron chi connectivity index (χ3n) is 1.07. The number of halogens is 4. The Hall–Kier alpha value is -0.780. The zero-order valence-electron chi connectivity index (χ0n) is 5.72. The van der Waals surface area contributed by atoms with Crippen molar-refractivity contribution in [3.05, 3.63) is 24.4 Å². The lowest BCUT2D eigenvalue weighted by atomic mass is 10.5. The van der Waals surface area contributed by atoms with E-state index in [0.29, 0.717) is 0 Å². The monoisotopic (exact) mass is 240 g/mol. The highest BCUT2D eigenvalue weighted by Gasteiger charge is 2.36. The smallest absolute Gasteiger partial charge is 0.238 e. The molecule has 1 aromatic heterocycles. The van der Waals surface area contributed by atoms with E-state index in [1.807, 2.05) is 0 Å². The van der Waals surface area contributed by atoms with Gasteiger partial charge in [-0.2, -0.15) is 0 Å². The third-order valence-corrected chi connectivity index (χ3v) is 1.84. The fraction of sp³-hybridized carbons (Fsp3) is 0.167. The molecule has 0 bridgehead atoms. The summed E-state index contributed by atoms with van der Waals surface area (Å²) in [5.74, 6) is -0.190. The normalized spacial score (nSPS) is 11.3. The van der Waals surface area contributed by atoms with Crippen LogP contribution in [0.15, 0.2) is 24.4 Å². The number of aromatic nitrogens is 1. The maximum Gasteiger partial charge on any atom is 0.496 e. The van der Waals surface area contributed by atoms with Crippen LogP contribution < -0.4 is 3.93 Å². The number of rotatable bonds is 1. The second-order valence-corrected chi connectivity index (χ2v) is 2.65. The predicted molar refractivity (Wildman–Crippen MR) is 41.7 cm³/mol. The van der Waals surface area contributed by atoms with Crippen LogP contribution in [0.3, 0.4) is 0 Å². The van der Waals surface area contributed by atoms with Crippen LogP contribution >= 0.6 is 16.1 Å². The van der Waals surface area contributed by atoms with E-state index >= 15 is 0 Å². The Balaban J connectivity index is 2.86. The SMILES string of the molecule is FC(F)(F)N(Br)c1ccccn1. The average Bonchev–Trinajstić information content (AvgIpc) is 2.03. The minimum Gasteiger partial charge on any atom is -0.238 e. The van der Waals surface area contributed by atoms with Gasteiger partial charge in [0, 0.05) is 6.20 Å². The summed E-state index contributed by atoms with van der Waals surface area (Å²) in [6, 6.07) is 4.27. The van der Waals surface area contributed by atoms with Gasteiger partial charge in [-0.05, 0) is 12.1 Å². The van der Waals surface area contributed by atoms with Crippen molar-refractivity contribution in [3.8, 4) is 0 Å². The van der Waals surface area contributed by atoms with Gasteiger partial charge in [-0.15, -0.1) is 13.2 Å². The Kier molecular flexibility index (Phi) is 2.56. The van der Waals surface area contributed by atoms with E-state index in [2.05, 4.69) is 21.1 Å². The summed E-state index contributed by atoms with van der Waals surface area (Å²) in [5, 5.41) is 0. The number of anilines is 1. The van der Waals surface area contributed by atoms with E-state index < -0.39 is 6.30 Å². The lowest BCUT2D eigenvalue weighted by Gasteiger charge is -2.17. The molecule has 2 nitrogen and oxygen atoms in total. The molecule has 0 saturated carbocycles. The van der Waals surface area contributed by atoms with E-state index in [-0.39, 0.29) is 9.74 Å². The van der Waals surface area contributed by atoms with Gasteiger partial charge in [0.25, 0.3) is 0 Å². The molecule has 0 fully saturated rings. The van der Waals surface area contributed by atoms with Gasteiger partial charge in [-0.25, -0.2) is 8.91 Å². The minimum atomic E-state index is -4.45. The first-order valence-electron chi connectivity index (χ1n) is 2.95. The molecule has 0 aliphatic rings. The van der Waals surface area contributed by atoms with Gasteiger partial charge < -0.3 is 0 Å². The summed E-state index contributed by atoms with van der Waals surface area (Å²) in [4.78, 5) is 3.50. The van der Waals surface area contributed by atoms with Crippen LogP contribution in [0.1, 0.15) is 0 Å². The van der Waals surface area contributed by atoms with Crippen LogP contribution in [0.4, 0.5) is 19.0 Å². The van der Waals surface area contributed by atoms with Crippen LogP contribution in [-0.2, 0) is 0 Å². The quantitative estimate of drug-likeness (QED) is 0.555. The number of hydrogen-bond acceptors (Lipinski definition) is 2. The van der Waals surface area contributed by atoms with Crippen molar-refractivity contribution in [1.29, 1.82) is 0 Å². The van der Waals surface area contributed by atoms with Crippen molar-refractivity contribution in [1.82, 2.24) is 4.98 Å². The number of nitrogens with zero attached hydrogens (tertiary/aromatic N) is 2. The van der Waals surface area contributed by atoms with Gasteiger partial charge in [-0.1, -0.05) is 6.07 Å². The Morgan fingerprint density at radius 2 is 2.00 bits per heavy atom. The summed E-state index contributed by atoms with van der Waals surface area (Å²) < 4.78 is 35.9. The topological polar surface area (TPSA) is 16.1 Å². The fourth-order valence-corrected chi connectivity index (χ4v) is 0.810. The maximum atomic E-state index is 12.0. The molecule has 6 heteroatoms. The van der Waals surface area contributed by atoms with E-state index in [4.69, 9.17) is 0 Å². The van der Waals surface area contributed by atoms with Gasteiger partial charge in [-0.3, -0.25) is 0 Å². The molecule has 0 amide bonds. The molecule has 66 valence electrons.